The molecule has 0 bridgehead atoms. The Bertz CT molecular complexity index is 228. The molecule has 1 N–H and O–H groups in total. The monoisotopic (exact) mass is 182 g/mol. The van der Waals surface area contributed by atoms with E-state index in [9.17, 15) is 0 Å². The first kappa shape index (κ1) is 10.2. The number of hydrogen-bond acceptors (Lipinski definition) is 4. The van der Waals surface area contributed by atoms with Gasteiger partial charge in [0.05, 0.1) is 12.6 Å². The molecule has 1 rings (SSSR count). The van der Waals surface area contributed by atoms with Gasteiger partial charge in [-0.15, -0.1) is 0 Å². The van der Waals surface area contributed by atoms with Crippen LogP contribution in [-0.2, 0) is 0 Å². The highest BCUT2D eigenvalue weighted by atomic mass is 15.2. The van der Waals surface area contributed by atoms with Crippen LogP contribution in [0.2, 0.25) is 0 Å². The zero-order valence-corrected chi connectivity index (χ0v) is 8.83. The third kappa shape index (κ3) is 2.79. The van der Waals surface area contributed by atoms with E-state index >= 15 is 0 Å². The molecule has 0 amide bonds. The standard InChI is InChI=1S/C9H18N4/c1-7(2)12-13-9(3,4)8-10-5-6-11-8/h7H,5-6H2,1-4H3,(H,10,11). The lowest BCUT2D eigenvalue weighted by Gasteiger charge is -2.18. The second-order valence-corrected chi connectivity index (χ2v) is 4.03. The molecule has 0 fully saturated rings. The minimum absolute atomic E-state index is 0.251. The van der Waals surface area contributed by atoms with Crippen LogP contribution in [0.25, 0.3) is 0 Å². The highest BCUT2D eigenvalue weighted by molar-refractivity contribution is 5.92. The maximum atomic E-state index is 4.34. The Morgan fingerprint density at radius 1 is 1.46 bits per heavy atom. The van der Waals surface area contributed by atoms with Crippen LogP contribution in [0, 0.1) is 0 Å². The van der Waals surface area contributed by atoms with Gasteiger partial charge in [-0.2, -0.15) is 10.2 Å². The van der Waals surface area contributed by atoms with E-state index in [4.69, 9.17) is 0 Å². The lowest BCUT2D eigenvalue weighted by molar-refractivity contribution is 0.597. The fourth-order valence-electron chi connectivity index (χ4n) is 1.11. The molecule has 1 aliphatic rings. The summed E-state index contributed by atoms with van der Waals surface area (Å²) in [6, 6.07) is 0.251. The molecule has 0 spiro atoms. The summed E-state index contributed by atoms with van der Waals surface area (Å²) in [7, 11) is 0. The average Bonchev–Trinajstić information content (AvgIpc) is 2.53. The lowest BCUT2D eigenvalue weighted by Crippen LogP contribution is -2.37. The van der Waals surface area contributed by atoms with Crippen LogP contribution in [0.1, 0.15) is 27.7 Å². The Morgan fingerprint density at radius 2 is 2.15 bits per heavy atom. The Hall–Kier alpha value is -0.930. The Morgan fingerprint density at radius 3 is 2.62 bits per heavy atom. The van der Waals surface area contributed by atoms with Crippen molar-refractivity contribution < 1.29 is 0 Å². The normalized spacial score (nSPS) is 18.1. The van der Waals surface area contributed by atoms with Gasteiger partial charge < -0.3 is 5.32 Å². The van der Waals surface area contributed by atoms with Gasteiger partial charge >= 0.3 is 0 Å². The van der Waals surface area contributed by atoms with Crippen LogP contribution >= 0.6 is 0 Å². The minimum Gasteiger partial charge on any atom is -0.370 e. The smallest absolute Gasteiger partial charge is 0.132 e. The van der Waals surface area contributed by atoms with Crippen LogP contribution in [-0.4, -0.2) is 30.5 Å². The summed E-state index contributed by atoms with van der Waals surface area (Å²) in [4.78, 5) is 4.34. The summed E-state index contributed by atoms with van der Waals surface area (Å²) in [6.07, 6.45) is 0. The summed E-state index contributed by atoms with van der Waals surface area (Å²) >= 11 is 0. The molecule has 13 heavy (non-hydrogen) atoms. The SMILES string of the molecule is CC(C)N=NC(C)(C)C1=NCCN1. The summed E-state index contributed by atoms with van der Waals surface area (Å²) < 4.78 is 0. The van der Waals surface area contributed by atoms with Gasteiger partial charge in [0, 0.05) is 6.54 Å². The number of amidine groups is 1. The lowest BCUT2D eigenvalue weighted by atomic mass is 10.1. The highest BCUT2D eigenvalue weighted by Crippen LogP contribution is 2.13. The van der Waals surface area contributed by atoms with Crippen molar-refractivity contribution in [2.75, 3.05) is 13.1 Å². The quantitative estimate of drug-likeness (QED) is 0.662. The zero-order chi connectivity index (χ0) is 9.90. The summed E-state index contributed by atoms with van der Waals surface area (Å²) in [5, 5.41) is 11.6. The van der Waals surface area contributed by atoms with Gasteiger partial charge in [-0.3, -0.25) is 4.99 Å². The third-order valence-corrected chi connectivity index (χ3v) is 1.79. The van der Waals surface area contributed by atoms with Crippen LogP contribution in [0.4, 0.5) is 0 Å². The largest absolute Gasteiger partial charge is 0.370 e. The second kappa shape index (κ2) is 3.85. The second-order valence-electron chi connectivity index (χ2n) is 4.03. The first-order chi connectivity index (χ1) is 6.02. The van der Waals surface area contributed by atoms with E-state index in [1.165, 1.54) is 0 Å². The van der Waals surface area contributed by atoms with Gasteiger partial charge in [0.15, 0.2) is 0 Å². The summed E-state index contributed by atoms with van der Waals surface area (Å²) in [5.74, 6) is 0.955. The number of nitrogens with one attached hydrogen (secondary N) is 1. The Labute approximate surface area is 79.5 Å². The van der Waals surface area contributed by atoms with Crippen molar-refractivity contribution in [3.8, 4) is 0 Å². The molecule has 0 saturated heterocycles. The van der Waals surface area contributed by atoms with Crippen molar-refractivity contribution in [2.45, 2.75) is 39.3 Å². The maximum Gasteiger partial charge on any atom is 0.132 e. The van der Waals surface area contributed by atoms with Crippen molar-refractivity contribution in [2.24, 2.45) is 15.2 Å². The molecule has 1 heterocycles. The molecular formula is C9H18N4. The van der Waals surface area contributed by atoms with Gasteiger partial charge in [-0.25, -0.2) is 0 Å². The third-order valence-electron chi connectivity index (χ3n) is 1.79. The van der Waals surface area contributed by atoms with Crippen molar-refractivity contribution in [1.82, 2.24) is 5.32 Å². The molecule has 0 aliphatic carbocycles. The fourth-order valence-corrected chi connectivity index (χ4v) is 1.11. The minimum atomic E-state index is -0.291. The van der Waals surface area contributed by atoms with Crippen molar-refractivity contribution >= 4 is 5.84 Å². The molecule has 1 aliphatic heterocycles. The van der Waals surface area contributed by atoms with Crippen LogP contribution in [0.15, 0.2) is 15.2 Å². The average molecular weight is 182 g/mol. The number of nitrogens with zero attached hydrogens (tertiary/aromatic N) is 3. The van der Waals surface area contributed by atoms with E-state index in [0.29, 0.717) is 0 Å². The van der Waals surface area contributed by atoms with Gasteiger partial charge in [-0.05, 0) is 27.7 Å². The van der Waals surface area contributed by atoms with E-state index < -0.39 is 0 Å². The maximum absolute atomic E-state index is 4.34. The summed E-state index contributed by atoms with van der Waals surface area (Å²) in [5.41, 5.74) is -0.291. The van der Waals surface area contributed by atoms with Crippen molar-refractivity contribution in [3.63, 3.8) is 0 Å². The molecule has 0 radical (unpaired) electrons. The molecule has 0 unspecified atom stereocenters. The van der Waals surface area contributed by atoms with Gasteiger partial charge in [0.2, 0.25) is 0 Å². The molecule has 0 atom stereocenters. The number of azo groups is 1. The molecule has 4 nitrogen and oxygen atoms in total. The number of rotatable bonds is 3. The molecule has 4 heteroatoms. The predicted octanol–water partition coefficient (Wildman–Crippen LogP) is 1.63. The summed E-state index contributed by atoms with van der Waals surface area (Å²) in [6.45, 7) is 9.87. The van der Waals surface area contributed by atoms with Crippen molar-refractivity contribution in [3.05, 3.63) is 0 Å². The molecule has 0 aromatic heterocycles. The number of hydrogen-bond donors (Lipinski definition) is 1. The zero-order valence-electron chi connectivity index (χ0n) is 8.83. The van der Waals surface area contributed by atoms with Gasteiger partial charge in [0.1, 0.15) is 11.4 Å². The van der Waals surface area contributed by atoms with Gasteiger partial charge in [-0.1, -0.05) is 0 Å². The van der Waals surface area contributed by atoms with E-state index in [0.717, 1.165) is 18.9 Å². The topological polar surface area (TPSA) is 49.1 Å². The van der Waals surface area contributed by atoms with Gasteiger partial charge in [0.25, 0.3) is 0 Å². The van der Waals surface area contributed by atoms with Crippen LogP contribution < -0.4 is 5.32 Å². The van der Waals surface area contributed by atoms with E-state index in [2.05, 4.69) is 20.5 Å². The first-order valence-corrected chi connectivity index (χ1v) is 4.73. The molecule has 0 aromatic carbocycles. The predicted molar refractivity (Wildman–Crippen MR) is 54.4 cm³/mol. The van der Waals surface area contributed by atoms with E-state index in [1.807, 2.05) is 27.7 Å². The molecule has 0 saturated carbocycles. The Kier molecular flexibility index (Phi) is 3.01. The molecule has 74 valence electrons. The molecular weight excluding hydrogens is 164 g/mol. The molecule has 0 aromatic rings. The van der Waals surface area contributed by atoms with Crippen LogP contribution in [0.3, 0.4) is 0 Å². The van der Waals surface area contributed by atoms with Crippen molar-refractivity contribution in [1.29, 1.82) is 0 Å². The Balaban J connectivity index is 2.64. The highest BCUT2D eigenvalue weighted by Gasteiger charge is 2.26. The van der Waals surface area contributed by atoms with E-state index in [1.54, 1.807) is 0 Å². The van der Waals surface area contributed by atoms with E-state index in [-0.39, 0.29) is 11.6 Å². The van der Waals surface area contributed by atoms with Crippen LogP contribution in [0.5, 0.6) is 0 Å². The fraction of sp³-hybridized carbons (Fsp3) is 0.889. The first-order valence-electron chi connectivity index (χ1n) is 4.73. The number of aliphatic imine (C=N–C) groups is 1.